The van der Waals surface area contributed by atoms with E-state index in [0.717, 1.165) is 12.3 Å². The van der Waals surface area contributed by atoms with Crippen molar-refractivity contribution in [3.63, 3.8) is 0 Å². The molecule has 3 N–H and O–H groups in total. The van der Waals surface area contributed by atoms with E-state index in [0.29, 0.717) is 6.04 Å². The van der Waals surface area contributed by atoms with E-state index in [2.05, 4.69) is 53.1 Å². The Hall–Kier alpha value is -0.130. The summed E-state index contributed by atoms with van der Waals surface area (Å²) in [4.78, 5) is 0. The van der Waals surface area contributed by atoms with Gasteiger partial charge in [-0.3, -0.25) is 11.3 Å². The van der Waals surface area contributed by atoms with Gasteiger partial charge < -0.3 is 0 Å². The van der Waals surface area contributed by atoms with Gasteiger partial charge in [0.1, 0.15) is 0 Å². The summed E-state index contributed by atoms with van der Waals surface area (Å²) in [7, 11) is 0. The van der Waals surface area contributed by atoms with E-state index in [4.69, 9.17) is 5.84 Å². The molecule has 1 saturated carbocycles. The van der Waals surface area contributed by atoms with Crippen molar-refractivity contribution in [2.75, 3.05) is 0 Å². The fourth-order valence-electron chi connectivity index (χ4n) is 2.08. The van der Waals surface area contributed by atoms with Crippen LogP contribution in [0.25, 0.3) is 0 Å². The fraction of sp³-hybridized carbons (Fsp3) is 0.538. The average molecular weight is 330 g/mol. The summed E-state index contributed by atoms with van der Waals surface area (Å²) in [6.07, 6.45) is 5.30. The Bertz CT molecular complexity index is 361. The summed E-state index contributed by atoms with van der Waals surface area (Å²) >= 11 is 2.42. The number of nitrogens with one attached hydrogen (secondary N) is 1. The normalized spacial score (nSPS) is 17.4. The summed E-state index contributed by atoms with van der Waals surface area (Å²) in [5.74, 6) is 6.65. The van der Waals surface area contributed by atoms with Gasteiger partial charge in [0, 0.05) is 9.61 Å². The first-order valence-electron chi connectivity index (χ1n) is 5.93. The minimum atomic E-state index is 0.312. The number of halogens is 1. The zero-order valence-electron chi connectivity index (χ0n) is 9.67. The van der Waals surface area contributed by atoms with Crippen LogP contribution in [0.15, 0.2) is 18.2 Å². The summed E-state index contributed by atoms with van der Waals surface area (Å²) < 4.78 is 1.35. The van der Waals surface area contributed by atoms with Crippen LogP contribution in [0.5, 0.6) is 0 Å². The zero-order valence-corrected chi connectivity index (χ0v) is 11.8. The van der Waals surface area contributed by atoms with Crippen LogP contribution in [0.2, 0.25) is 0 Å². The number of hydrazine groups is 1. The van der Waals surface area contributed by atoms with Crippen molar-refractivity contribution < 1.29 is 0 Å². The second kappa shape index (κ2) is 5.47. The molecule has 1 atom stereocenters. The zero-order chi connectivity index (χ0) is 11.5. The molecule has 1 fully saturated rings. The van der Waals surface area contributed by atoms with Gasteiger partial charge in [-0.15, -0.1) is 0 Å². The number of rotatable bonds is 5. The molecule has 3 heteroatoms. The Morgan fingerprint density at radius 2 is 2.25 bits per heavy atom. The van der Waals surface area contributed by atoms with Crippen LogP contribution in [0.4, 0.5) is 0 Å². The molecule has 1 unspecified atom stereocenters. The topological polar surface area (TPSA) is 38.0 Å². The molecule has 2 rings (SSSR count). The highest BCUT2D eigenvalue weighted by Gasteiger charge is 2.23. The van der Waals surface area contributed by atoms with E-state index in [9.17, 15) is 0 Å². The largest absolute Gasteiger partial charge is 0.271 e. The van der Waals surface area contributed by atoms with Crippen LogP contribution >= 0.6 is 22.6 Å². The number of hydrogen-bond donors (Lipinski definition) is 2. The second-order valence-corrected chi connectivity index (χ2v) is 5.80. The first-order chi connectivity index (χ1) is 7.72. The Morgan fingerprint density at radius 1 is 1.50 bits per heavy atom. The lowest BCUT2D eigenvalue weighted by atomic mass is 9.99. The van der Waals surface area contributed by atoms with E-state index >= 15 is 0 Å². The molecule has 0 spiro atoms. The first kappa shape index (κ1) is 12.3. The molecule has 0 saturated heterocycles. The van der Waals surface area contributed by atoms with E-state index in [1.165, 1.54) is 34.0 Å². The van der Waals surface area contributed by atoms with Crippen LogP contribution in [0.1, 0.15) is 42.9 Å². The van der Waals surface area contributed by atoms with E-state index in [-0.39, 0.29) is 0 Å². The molecular formula is C13H19IN2. The van der Waals surface area contributed by atoms with Crippen molar-refractivity contribution in [3.05, 3.63) is 32.9 Å². The standard InChI is InChI=1S/C13H19IN2/c1-9-3-2-4-11(13(9)14)12(16-15)8-7-10-5-6-10/h2-4,10,12,16H,5-8,15H2,1H3. The van der Waals surface area contributed by atoms with Crippen LogP contribution in [-0.2, 0) is 0 Å². The minimum Gasteiger partial charge on any atom is -0.271 e. The monoisotopic (exact) mass is 330 g/mol. The fourth-order valence-corrected chi connectivity index (χ4v) is 2.81. The molecule has 1 aliphatic rings. The van der Waals surface area contributed by atoms with E-state index < -0.39 is 0 Å². The lowest BCUT2D eigenvalue weighted by Crippen LogP contribution is -2.28. The van der Waals surface area contributed by atoms with Crippen molar-refractivity contribution in [3.8, 4) is 0 Å². The minimum absolute atomic E-state index is 0.312. The molecule has 0 aromatic heterocycles. The lowest BCUT2D eigenvalue weighted by Gasteiger charge is -2.18. The van der Waals surface area contributed by atoms with Gasteiger partial charge in [-0.1, -0.05) is 31.0 Å². The van der Waals surface area contributed by atoms with E-state index in [1.54, 1.807) is 0 Å². The molecule has 1 aromatic rings. The van der Waals surface area contributed by atoms with Gasteiger partial charge in [-0.25, -0.2) is 0 Å². The summed E-state index contributed by atoms with van der Waals surface area (Å²) in [6, 6.07) is 6.77. The number of aryl methyl sites for hydroxylation is 1. The summed E-state index contributed by atoms with van der Waals surface area (Å²) in [5.41, 5.74) is 5.65. The van der Waals surface area contributed by atoms with Gasteiger partial charge in [0.15, 0.2) is 0 Å². The number of benzene rings is 1. The molecular weight excluding hydrogens is 311 g/mol. The quantitative estimate of drug-likeness (QED) is 0.494. The SMILES string of the molecule is Cc1cccc(C(CCC2CC2)NN)c1I. The van der Waals surface area contributed by atoms with Crippen LogP contribution in [0.3, 0.4) is 0 Å². The summed E-state index contributed by atoms with van der Waals surface area (Å²) in [6.45, 7) is 2.15. The van der Waals surface area contributed by atoms with Crippen molar-refractivity contribution in [1.29, 1.82) is 0 Å². The van der Waals surface area contributed by atoms with Crippen molar-refractivity contribution in [1.82, 2.24) is 5.43 Å². The van der Waals surface area contributed by atoms with Gasteiger partial charge in [0.2, 0.25) is 0 Å². The van der Waals surface area contributed by atoms with Gasteiger partial charge >= 0.3 is 0 Å². The van der Waals surface area contributed by atoms with Gasteiger partial charge in [-0.2, -0.15) is 0 Å². The molecule has 0 amide bonds. The molecule has 0 radical (unpaired) electrons. The number of nitrogens with two attached hydrogens (primary N) is 1. The Balaban J connectivity index is 2.08. The smallest absolute Gasteiger partial charge is 0.0470 e. The number of hydrogen-bond acceptors (Lipinski definition) is 2. The van der Waals surface area contributed by atoms with E-state index in [1.807, 2.05) is 0 Å². The Morgan fingerprint density at radius 3 is 2.88 bits per heavy atom. The maximum atomic E-state index is 5.68. The maximum Gasteiger partial charge on any atom is 0.0470 e. The third-order valence-corrected chi connectivity index (χ3v) is 4.83. The Kier molecular flexibility index (Phi) is 4.21. The average Bonchev–Trinajstić information content (AvgIpc) is 3.08. The van der Waals surface area contributed by atoms with Gasteiger partial charge in [-0.05, 0) is 59.4 Å². The third-order valence-electron chi connectivity index (χ3n) is 3.36. The lowest BCUT2D eigenvalue weighted by molar-refractivity contribution is 0.480. The summed E-state index contributed by atoms with van der Waals surface area (Å²) in [5, 5.41) is 0. The highest BCUT2D eigenvalue weighted by Crippen LogP contribution is 2.36. The van der Waals surface area contributed by atoms with Crippen molar-refractivity contribution in [2.24, 2.45) is 11.8 Å². The van der Waals surface area contributed by atoms with Gasteiger partial charge in [0.05, 0.1) is 0 Å². The molecule has 16 heavy (non-hydrogen) atoms. The van der Waals surface area contributed by atoms with Crippen LogP contribution < -0.4 is 11.3 Å². The predicted molar refractivity (Wildman–Crippen MR) is 75.9 cm³/mol. The molecule has 0 heterocycles. The first-order valence-corrected chi connectivity index (χ1v) is 7.01. The molecule has 1 aliphatic carbocycles. The molecule has 0 aliphatic heterocycles. The molecule has 2 nitrogen and oxygen atoms in total. The highest BCUT2D eigenvalue weighted by atomic mass is 127. The Labute approximate surface area is 111 Å². The molecule has 0 bridgehead atoms. The molecule has 88 valence electrons. The van der Waals surface area contributed by atoms with Gasteiger partial charge in [0.25, 0.3) is 0 Å². The van der Waals surface area contributed by atoms with Crippen LogP contribution in [0, 0.1) is 16.4 Å². The van der Waals surface area contributed by atoms with Crippen molar-refractivity contribution in [2.45, 2.75) is 38.6 Å². The molecule has 1 aromatic carbocycles. The van der Waals surface area contributed by atoms with Crippen LogP contribution in [-0.4, -0.2) is 0 Å². The highest BCUT2D eigenvalue weighted by molar-refractivity contribution is 14.1. The third kappa shape index (κ3) is 2.96. The maximum absolute atomic E-state index is 5.68. The predicted octanol–water partition coefficient (Wildman–Crippen LogP) is 3.29. The van der Waals surface area contributed by atoms with Crippen molar-refractivity contribution >= 4 is 22.6 Å². The second-order valence-electron chi connectivity index (χ2n) is 4.72.